The van der Waals surface area contributed by atoms with E-state index in [9.17, 15) is 26.7 Å². The Morgan fingerprint density at radius 3 is 1.90 bits per heavy atom. The molecular weight excluding hydrogens is 405 g/mol. The van der Waals surface area contributed by atoms with Crippen molar-refractivity contribution in [3.05, 3.63) is 107 Å². The van der Waals surface area contributed by atoms with Gasteiger partial charge < -0.3 is 4.84 Å². The zero-order valence-corrected chi connectivity index (χ0v) is 15.3. The first-order chi connectivity index (χ1) is 14.4. The van der Waals surface area contributed by atoms with Crippen LogP contribution in [-0.2, 0) is 4.84 Å². The number of halogens is 5. The maximum atomic E-state index is 13.8. The predicted octanol–water partition coefficient (Wildman–Crippen LogP) is 5.63. The molecule has 0 aliphatic heterocycles. The third-order valence-corrected chi connectivity index (χ3v) is 4.24. The van der Waals surface area contributed by atoms with Crippen LogP contribution in [0.25, 0.3) is 0 Å². The number of nitrogens with zero attached hydrogens (tertiary/aromatic N) is 1. The average Bonchev–Trinajstić information content (AvgIpc) is 3.03. The first kappa shape index (κ1) is 21.2. The lowest BCUT2D eigenvalue weighted by atomic mass is 9.97. The summed E-state index contributed by atoms with van der Waals surface area (Å²) in [4.78, 5) is 16.7. The summed E-state index contributed by atoms with van der Waals surface area (Å²) in [5, 5.41) is 3.67. The maximum absolute atomic E-state index is 13.8. The van der Waals surface area contributed by atoms with Crippen molar-refractivity contribution in [2.45, 2.75) is 6.42 Å². The van der Waals surface area contributed by atoms with E-state index in [-0.39, 0.29) is 18.1 Å². The van der Waals surface area contributed by atoms with E-state index in [2.05, 4.69) is 9.99 Å². The van der Waals surface area contributed by atoms with Gasteiger partial charge >= 0.3 is 5.97 Å². The fourth-order valence-corrected chi connectivity index (χ4v) is 2.73. The second-order valence-electron chi connectivity index (χ2n) is 6.25. The Morgan fingerprint density at radius 2 is 1.33 bits per heavy atom. The molecule has 1 aliphatic rings. The molecule has 154 valence electrons. The van der Waals surface area contributed by atoms with Crippen LogP contribution in [0.4, 0.5) is 22.0 Å². The Morgan fingerprint density at radius 1 is 0.800 bits per heavy atom. The number of hydrogen-bond donors (Lipinski definition) is 0. The van der Waals surface area contributed by atoms with Crippen LogP contribution in [0.5, 0.6) is 0 Å². The third kappa shape index (κ3) is 4.53. The van der Waals surface area contributed by atoms with Crippen molar-refractivity contribution in [1.29, 1.82) is 0 Å². The number of allylic oxidation sites excluding steroid dienone is 6. The minimum atomic E-state index is -2.37. The molecule has 8 heteroatoms. The van der Waals surface area contributed by atoms with Gasteiger partial charge in [-0.3, -0.25) is 0 Å². The molecule has 0 spiro atoms. The van der Waals surface area contributed by atoms with Gasteiger partial charge in [-0.1, -0.05) is 71.9 Å². The summed E-state index contributed by atoms with van der Waals surface area (Å²) in [5.74, 6) is -13.3. The first-order valence-electron chi connectivity index (χ1n) is 8.77. The minimum absolute atomic E-state index is 0.133. The van der Waals surface area contributed by atoms with Gasteiger partial charge in [-0.25, -0.2) is 26.7 Å². The second-order valence-corrected chi connectivity index (χ2v) is 6.25. The summed E-state index contributed by atoms with van der Waals surface area (Å²) in [6.07, 6.45) is 11.2. The van der Waals surface area contributed by atoms with Gasteiger partial charge in [0.2, 0.25) is 5.82 Å². The molecule has 2 aromatic rings. The van der Waals surface area contributed by atoms with Gasteiger partial charge in [0.25, 0.3) is 0 Å². The van der Waals surface area contributed by atoms with Crippen LogP contribution in [0, 0.1) is 35.0 Å². The van der Waals surface area contributed by atoms with E-state index in [1.807, 2.05) is 36.5 Å². The van der Waals surface area contributed by atoms with Crippen molar-refractivity contribution in [3.8, 4) is 0 Å². The highest BCUT2D eigenvalue weighted by molar-refractivity contribution is 6.01. The molecular formula is C22H14F5NO2. The molecule has 0 N–H and O–H groups in total. The lowest BCUT2D eigenvalue weighted by Crippen LogP contribution is -2.15. The van der Waals surface area contributed by atoms with Crippen molar-refractivity contribution >= 4 is 11.7 Å². The summed E-state index contributed by atoms with van der Waals surface area (Å²) in [6.45, 7) is 0. The fourth-order valence-electron chi connectivity index (χ4n) is 2.73. The van der Waals surface area contributed by atoms with Crippen molar-refractivity contribution in [3.63, 3.8) is 0 Å². The Kier molecular flexibility index (Phi) is 6.56. The Labute approximate surface area is 168 Å². The molecule has 0 saturated carbocycles. The van der Waals surface area contributed by atoms with Gasteiger partial charge in [0.1, 0.15) is 5.56 Å². The van der Waals surface area contributed by atoms with E-state index < -0.39 is 40.6 Å². The molecule has 0 bridgehead atoms. The fraction of sp³-hybridized carbons (Fsp3) is 0.0909. The zero-order valence-electron chi connectivity index (χ0n) is 15.3. The number of carbonyl (C=O) groups excluding carboxylic acids is 1. The Hall–Kier alpha value is -3.55. The molecule has 0 unspecified atom stereocenters. The smallest absolute Gasteiger partial charge is 0.312 e. The van der Waals surface area contributed by atoms with E-state index in [4.69, 9.17) is 0 Å². The number of hydrogen-bond acceptors (Lipinski definition) is 3. The first-order valence-corrected chi connectivity index (χ1v) is 8.77. The molecule has 0 amide bonds. The zero-order chi connectivity index (χ0) is 21.7. The van der Waals surface area contributed by atoms with E-state index in [1.54, 1.807) is 30.3 Å². The van der Waals surface area contributed by atoms with E-state index >= 15 is 0 Å². The van der Waals surface area contributed by atoms with E-state index in [0.717, 1.165) is 0 Å². The topological polar surface area (TPSA) is 38.7 Å². The third-order valence-electron chi connectivity index (χ3n) is 4.24. The van der Waals surface area contributed by atoms with Gasteiger partial charge in [0.05, 0.1) is 5.71 Å². The molecule has 30 heavy (non-hydrogen) atoms. The molecule has 0 saturated heterocycles. The molecule has 3 rings (SSSR count). The van der Waals surface area contributed by atoms with Crippen molar-refractivity contribution in [2.75, 3.05) is 0 Å². The van der Waals surface area contributed by atoms with Crippen LogP contribution < -0.4 is 0 Å². The molecule has 2 aromatic carbocycles. The Balaban J connectivity index is 1.92. The van der Waals surface area contributed by atoms with Gasteiger partial charge in [-0.2, -0.15) is 0 Å². The van der Waals surface area contributed by atoms with Crippen molar-refractivity contribution in [1.82, 2.24) is 0 Å². The van der Waals surface area contributed by atoms with E-state index in [1.165, 1.54) is 0 Å². The summed E-state index contributed by atoms with van der Waals surface area (Å²) >= 11 is 0. The lowest BCUT2D eigenvalue weighted by molar-refractivity contribution is 0.0500. The monoisotopic (exact) mass is 419 g/mol. The highest BCUT2D eigenvalue weighted by atomic mass is 19.2. The largest absolute Gasteiger partial charge is 0.371 e. The summed E-state index contributed by atoms with van der Waals surface area (Å²) in [5.41, 5.74) is -0.906. The van der Waals surface area contributed by atoms with Crippen LogP contribution >= 0.6 is 0 Å². The van der Waals surface area contributed by atoms with Gasteiger partial charge in [0, 0.05) is 12.3 Å². The van der Waals surface area contributed by atoms with Crippen molar-refractivity contribution < 1.29 is 31.6 Å². The average molecular weight is 419 g/mol. The quantitative estimate of drug-likeness (QED) is 0.157. The van der Waals surface area contributed by atoms with Gasteiger partial charge in [-0.05, 0) is 5.56 Å². The summed E-state index contributed by atoms with van der Waals surface area (Å²) in [6, 6.07) is 8.51. The van der Waals surface area contributed by atoms with Crippen LogP contribution in [0.1, 0.15) is 22.3 Å². The standard InChI is InChI=1S/C22H14F5NO2/c23-17-16(18(24)20(26)21(27)19(17)25)22(29)30-28-15(14-10-6-3-7-11-14)12-13-8-4-1-2-5-9-13/h1-11,13H,12H2/b28-15-. The van der Waals surface area contributed by atoms with Gasteiger partial charge in [-0.15, -0.1) is 0 Å². The normalized spacial score (nSPS) is 14.1. The molecule has 0 atom stereocenters. The molecule has 3 nitrogen and oxygen atoms in total. The number of benzene rings is 2. The highest BCUT2D eigenvalue weighted by Crippen LogP contribution is 2.24. The van der Waals surface area contributed by atoms with Crippen molar-refractivity contribution in [2.24, 2.45) is 11.1 Å². The summed E-state index contributed by atoms with van der Waals surface area (Å²) in [7, 11) is 0. The molecule has 1 aliphatic carbocycles. The molecule has 0 fully saturated rings. The molecule has 0 aromatic heterocycles. The van der Waals surface area contributed by atoms with Crippen LogP contribution in [-0.4, -0.2) is 11.7 Å². The van der Waals surface area contributed by atoms with Gasteiger partial charge in [0.15, 0.2) is 23.3 Å². The lowest BCUT2D eigenvalue weighted by Gasteiger charge is -2.11. The van der Waals surface area contributed by atoms with Crippen LogP contribution in [0.2, 0.25) is 0 Å². The number of oxime groups is 1. The van der Waals surface area contributed by atoms with Crippen LogP contribution in [0.15, 0.2) is 71.9 Å². The van der Waals surface area contributed by atoms with Crippen LogP contribution in [0.3, 0.4) is 0 Å². The predicted molar refractivity (Wildman–Crippen MR) is 100 cm³/mol. The molecule has 0 heterocycles. The number of carbonyl (C=O) groups is 1. The second kappa shape index (κ2) is 9.30. The Bertz CT molecular complexity index is 1030. The number of rotatable bonds is 5. The molecule has 0 radical (unpaired) electrons. The van der Waals surface area contributed by atoms with E-state index in [0.29, 0.717) is 5.56 Å². The SMILES string of the molecule is O=C(O/N=C(/CC1C=CC=CC=C1)c1ccccc1)c1c(F)c(F)c(F)c(F)c1F. The summed E-state index contributed by atoms with van der Waals surface area (Å²) < 4.78 is 67.5. The minimum Gasteiger partial charge on any atom is -0.312 e. The maximum Gasteiger partial charge on any atom is 0.371 e. The highest BCUT2D eigenvalue weighted by Gasteiger charge is 2.31.